The Labute approximate surface area is 104 Å². The SMILES string of the molecule is CCNC(=O)c1noc(-c2ccc(CN)cc2)n1. The summed E-state index contributed by atoms with van der Waals surface area (Å²) in [5.41, 5.74) is 7.29. The molecular weight excluding hydrogens is 232 g/mol. The third-order valence-corrected chi connectivity index (χ3v) is 2.40. The number of nitrogens with zero attached hydrogens (tertiary/aromatic N) is 2. The Balaban J connectivity index is 2.20. The zero-order valence-electron chi connectivity index (χ0n) is 10.0. The van der Waals surface area contributed by atoms with Gasteiger partial charge in [0.05, 0.1) is 0 Å². The number of hydrogen-bond donors (Lipinski definition) is 2. The number of aromatic nitrogens is 2. The Bertz CT molecular complexity index is 533. The summed E-state index contributed by atoms with van der Waals surface area (Å²) in [4.78, 5) is 15.5. The van der Waals surface area contributed by atoms with Crippen LogP contribution in [0.2, 0.25) is 0 Å². The van der Waals surface area contributed by atoms with E-state index in [1.54, 1.807) is 0 Å². The number of nitrogens with one attached hydrogen (secondary N) is 1. The summed E-state index contributed by atoms with van der Waals surface area (Å²) in [6.45, 7) is 2.83. The normalized spacial score (nSPS) is 10.3. The summed E-state index contributed by atoms with van der Waals surface area (Å²) >= 11 is 0. The first-order valence-electron chi connectivity index (χ1n) is 5.66. The van der Waals surface area contributed by atoms with E-state index in [0.29, 0.717) is 19.0 Å². The molecule has 1 heterocycles. The maximum absolute atomic E-state index is 11.5. The average Bonchev–Trinajstić information content (AvgIpc) is 2.89. The molecule has 94 valence electrons. The Hall–Kier alpha value is -2.21. The summed E-state index contributed by atoms with van der Waals surface area (Å²) in [5, 5.41) is 6.24. The van der Waals surface area contributed by atoms with Crippen molar-refractivity contribution in [2.45, 2.75) is 13.5 Å². The Morgan fingerprint density at radius 1 is 1.39 bits per heavy atom. The van der Waals surface area contributed by atoms with Crippen LogP contribution in [0.3, 0.4) is 0 Å². The van der Waals surface area contributed by atoms with Crippen LogP contribution in [-0.4, -0.2) is 22.6 Å². The van der Waals surface area contributed by atoms with Crippen molar-refractivity contribution in [3.63, 3.8) is 0 Å². The number of rotatable bonds is 4. The smallest absolute Gasteiger partial charge is 0.292 e. The fourth-order valence-electron chi connectivity index (χ4n) is 1.46. The van der Waals surface area contributed by atoms with Gasteiger partial charge in [-0.3, -0.25) is 4.79 Å². The van der Waals surface area contributed by atoms with Gasteiger partial charge in [0, 0.05) is 18.7 Å². The molecule has 0 aliphatic carbocycles. The zero-order valence-corrected chi connectivity index (χ0v) is 10.0. The number of amides is 1. The van der Waals surface area contributed by atoms with E-state index >= 15 is 0 Å². The maximum atomic E-state index is 11.5. The third kappa shape index (κ3) is 2.54. The van der Waals surface area contributed by atoms with E-state index in [1.165, 1.54) is 0 Å². The molecule has 1 amide bonds. The standard InChI is InChI=1S/C12H14N4O2/c1-2-14-11(17)10-15-12(18-16-10)9-5-3-8(7-13)4-6-9/h3-6H,2,7,13H2,1H3,(H,14,17). The molecule has 0 saturated carbocycles. The summed E-state index contributed by atoms with van der Waals surface area (Å²) in [5.74, 6) is 0.0145. The van der Waals surface area contributed by atoms with Crippen molar-refractivity contribution in [3.05, 3.63) is 35.7 Å². The minimum absolute atomic E-state index is 0.0368. The van der Waals surface area contributed by atoms with Crippen LogP contribution < -0.4 is 11.1 Å². The first kappa shape index (κ1) is 12.3. The average molecular weight is 246 g/mol. The van der Waals surface area contributed by atoms with E-state index in [4.69, 9.17) is 10.3 Å². The molecule has 18 heavy (non-hydrogen) atoms. The lowest BCUT2D eigenvalue weighted by molar-refractivity contribution is 0.0942. The Morgan fingerprint density at radius 3 is 2.72 bits per heavy atom. The van der Waals surface area contributed by atoms with Crippen LogP contribution in [0.4, 0.5) is 0 Å². The highest BCUT2D eigenvalue weighted by Gasteiger charge is 2.14. The topological polar surface area (TPSA) is 94.0 Å². The molecule has 2 aromatic rings. The predicted molar refractivity (Wildman–Crippen MR) is 65.6 cm³/mol. The molecule has 2 rings (SSSR count). The van der Waals surface area contributed by atoms with Gasteiger partial charge >= 0.3 is 0 Å². The van der Waals surface area contributed by atoms with E-state index in [9.17, 15) is 4.79 Å². The highest BCUT2D eigenvalue weighted by molar-refractivity contribution is 5.90. The molecule has 6 heteroatoms. The van der Waals surface area contributed by atoms with Crippen LogP contribution in [0.25, 0.3) is 11.5 Å². The van der Waals surface area contributed by atoms with E-state index in [2.05, 4.69) is 15.5 Å². The summed E-state index contributed by atoms with van der Waals surface area (Å²) in [6, 6.07) is 7.42. The number of hydrogen-bond acceptors (Lipinski definition) is 5. The molecular formula is C12H14N4O2. The van der Waals surface area contributed by atoms with Crippen molar-refractivity contribution in [1.29, 1.82) is 0 Å². The van der Waals surface area contributed by atoms with Crippen molar-refractivity contribution in [3.8, 4) is 11.5 Å². The molecule has 0 bridgehead atoms. The third-order valence-electron chi connectivity index (χ3n) is 2.40. The second-order valence-corrected chi connectivity index (χ2v) is 3.68. The highest BCUT2D eigenvalue weighted by Crippen LogP contribution is 2.17. The van der Waals surface area contributed by atoms with Gasteiger partial charge in [0.25, 0.3) is 17.6 Å². The molecule has 0 atom stereocenters. The van der Waals surface area contributed by atoms with E-state index in [1.807, 2.05) is 31.2 Å². The van der Waals surface area contributed by atoms with Crippen LogP contribution in [0.15, 0.2) is 28.8 Å². The second kappa shape index (κ2) is 5.42. The van der Waals surface area contributed by atoms with Gasteiger partial charge in [0.2, 0.25) is 0 Å². The van der Waals surface area contributed by atoms with Gasteiger partial charge in [-0.15, -0.1) is 0 Å². The molecule has 0 unspecified atom stereocenters. The van der Waals surface area contributed by atoms with Crippen molar-refractivity contribution in [2.24, 2.45) is 5.73 Å². The van der Waals surface area contributed by atoms with E-state index in [-0.39, 0.29) is 11.7 Å². The molecule has 0 fully saturated rings. The van der Waals surface area contributed by atoms with Gasteiger partial charge in [0.15, 0.2) is 0 Å². The van der Waals surface area contributed by atoms with Gasteiger partial charge < -0.3 is 15.6 Å². The minimum atomic E-state index is -0.342. The minimum Gasteiger partial charge on any atom is -0.349 e. The van der Waals surface area contributed by atoms with E-state index in [0.717, 1.165) is 11.1 Å². The molecule has 1 aromatic heterocycles. The molecule has 0 radical (unpaired) electrons. The van der Waals surface area contributed by atoms with Gasteiger partial charge in [-0.05, 0) is 24.6 Å². The lowest BCUT2D eigenvalue weighted by atomic mass is 10.1. The Kier molecular flexibility index (Phi) is 3.69. The van der Waals surface area contributed by atoms with Gasteiger partial charge in [-0.1, -0.05) is 17.3 Å². The van der Waals surface area contributed by atoms with Crippen LogP contribution >= 0.6 is 0 Å². The quantitative estimate of drug-likeness (QED) is 0.837. The fourth-order valence-corrected chi connectivity index (χ4v) is 1.46. The van der Waals surface area contributed by atoms with Crippen molar-refractivity contribution in [2.75, 3.05) is 6.54 Å². The van der Waals surface area contributed by atoms with Crippen LogP contribution in [0.5, 0.6) is 0 Å². The van der Waals surface area contributed by atoms with Crippen molar-refractivity contribution >= 4 is 5.91 Å². The maximum Gasteiger partial charge on any atom is 0.292 e. The fraction of sp³-hybridized carbons (Fsp3) is 0.250. The first-order valence-corrected chi connectivity index (χ1v) is 5.66. The van der Waals surface area contributed by atoms with Crippen molar-refractivity contribution < 1.29 is 9.32 Å². The predicted octanol–water partition coefficient (Wildman–Crippen LogP) is 0.945. The number of benzene rings is 1. The molecule has 3 N–H and O–H groups in total. The second-order valence-electron chi connectivity index (χ2n) is 3.68. The summed E-state index contributed by atoms with van der Waals surface area (Å²) in [7, 11) is 0. The molecule has 1 aromatic carbocycles. The van der Waals surface area contributed by atoms with E-state index < -0.39 is 0 Å². The van der Waals surface area contributed by atoms with Gasteiger partial charge in [-0.25, -0.2) is 0 Å². The lowest BCUT2D eigenvalue weighted by Crippen LogP contribution is -2.23. The molecule has 0 spiro atoms. The van der Waals surface area contributed by atoms with Crippen molar-refractivity contribution in [1.82, 2.24) is 15.5 Å². The molecule has 6 nitrogen and oxygen atoms in total. The summed E-state index contributed by atoms with van der Waals surface area (Å²) < 4.78 is 5.04. The number of nitrogens with two attached hydrogens (primary N) is 1. The highest BCUT2D eigenvalue weighted by atomic mass is 16.5. The Morgan fingerprint density at radius 2 is 2.11 bits per heavy atom. The van der Waals surface area contributed by atoms with Crippen LogP contribution in [0, 0.1) is 0 Å². The number of carbonyl (C=O) groups is 1. The molecule has 0 saturated heterocycles. The lowest BCUT2D eigenvalue weighted by Gasteiger charge is -1.97. The summed E-state index contributed by atoms with van der Waals surface area (Å²) in [6.07, 6.45) is 0. The largest absolute Gasteiger partial charge is 0.349 e. The van der Waals surface area contributed by atoms with Gasteiger partial charge in [0.1, 0.15) is 0 Å². The molecule has 0 aliphatic rings. The first-order chi connectivity index (χ1) is 8.74. The monoisotopic (exact) mass is 246 g/mol. The number of carbonyl (C=O) groups excluding carboxylic acids is 1. The van der Waals surface area contributed by atoms with Gasteiger partial charge in [-0.2, -0.15) is 4.98 Å². The van der Waals surface area contributed by atoms with Crippen LogP contribution in [-0.2, 0) is 6.54 Å². The zero-order chi connectivity index (χ0) is 13.0. The van der Waals surface area contributed by atoms with Crippen LogP contribution in [0.1, 0.15) is 23.1 Å². The molecule has 0 aliphatic heterocycles.